The van der Waals surface area contributed by atoms with E-state index in [4.69, 9.17) is 16.3 Å². The van der Waals surface area contributed by atoms with Gasteiger partial charge >= 0.3 is 0 Å². The molecule has 0 heterocycles. The van der Waals surface area contributed by atoms with Crippen molar-refractivity contribution in [1.29, 1.82) is 0 Å². The molecule has 0 N–H and O–H groups in total. The Hall–Kier alpha value is -1.45. The first kappa shape index (κ1) is 15.9. The van der Waals surface area contributed by atoms with E-state index in [2.05, 4.69) is 32.0 Å². The fourth-order valence-corrected chi connectivity index (χ4v) is 3.19. The molecule has 21 heavy (non-hydrogen) atoms. The SMILES string of the molecule is COc1ccc(C(=O)CSc2ccc(C)cc2C)cc1Cl. The molecule has 110 valence electrons. The third-order valence-corrected chi connectivity index (χ3v) is 4.63. The Kier molecular flexibility index (Phi) is 5.32. The van der Waals surface area contributed by atoms with Crippen LogP contribution in [-0.4, -0.2) is 18.6 Å². The Labute approximate surface area is 134 Å². The number of rotatable bonds is 5. The molecule has 0 atom stereocenters. The zero-order valence-electron chi connectivity index (χ0n) is 12.3. The van der Waals surface area contributed by atoms with E-state index in [0.29, 0.717) is 22.1 Å². The van der Waals surface area contributed by atoms with Crippen LogP contribution < -0.4 is 4.74 Å². The average molecular weight is 321 g/mol. The van der Waals surface area contributed by atoms with Gasteiger partial charge in [0.25, 0.3) is 0 Å². The number of methoxy groups -OCH3 is 1. The number of carbonyl (C=O) groups excluding carboxylic acids is 1. The van der Waals surface area contributed by atoms with Gasteiger partial charge in [-0.25, -0.2) is 0 Å². The number of ether oxygens (including phenoxy) is 1. The number of aryl methyl sites for hydroxylation is 2. The Morgan fingerprint density at radius 3 is 2.57 bits per heavy atom. The second kappa shape index (κ2) is 7.01. The molecule has 0 saturated heterocycles. The van der Waals surface area contributed by atoms with Crippen LogP contribution in [0.5, 0.6) is 5.75 Å². The monoisotopic (exact) mass is 320 g/mol. The topological polar surface area (TPSA) is 26.3 Å². The zero-order valence-corrected chi connectivity index (χ0v) is 13.8. The van der Waals surface area contributed by atoms with Crippen molar-refractivity contribution in [3.63, 3.8) is 0 Å². The van der Waals surface area contributed by atoms with E-state index in [-0.39, 0.29) is 5.78 Å². The van der Waals surface area contributed by atoms with Gasteiger partial charge in [0.15, 0.2) is 5.78 Å². The molecule has 0 unspecified atom stereocenters. The molecule has 0 saturated carbocycles. The highest BCUT2D eigenvalue weighted by Crippen LogP contribution is 2.27. The van der Waals surface area contributed by atoms with Crippen molar-refractivity contribution in [2.24, 2.45) is 0 Å². The van der Waals surface area contributed by atoms with Crippen LogP contribution in [0.4, 0.5) is 0 Å². The molecular formula is C17H17ClO2S. The van der Waals surface area contributed by atoms with Gasteiger partial charge in [0.2, 0.25) is 0 Å². The van der Waals surface area contributed by atoms with E-state index in [1.165, 1.54) is 11.1 Å². The van der Waals surface area contributed by atoms with Gasteiger partial charge in [0.05, 0.1) is 17.9 Å². The molecule has 0 aliphatic carbocycles. The predicted octanol–water partition coefficient (Wildman–Crippen LogP) is 4.94. The Balaban J connectivity index is 2.06. The first-order valence-corrected chi connectivity index (χ1v) is 7.94. The van der Waals surface area contributed by atoms with Gasteiger partial charge in [-0.15, -0.1) is 11.8 Å². The van der Waals surface area contributed by atoms with E-state index in [9.17, 15) is 4.79 Å². The van der Waals surface area contributed by atoms with Crippen molar-refractivity contribution in [2.75, 3.05) is 12.9 Å². The highest BCUT2D eigenvalue weighted by Gasteiger charge is 2.10. The number of Topliss-reactive ketones (excluding diaryl/α,β-unsaturated/α-hetero) is 1. The minimum Gasteiger partial charge on any atom is -0.495 e. The maximum Gasteiger partial charge on any atom is 0.173 e. The van der Waals surface area contributed by atoms with Gasteiger partial charge < -0.3 is 4.74 Å². The Bertz CT molecular complexity index is 668. The summed E-state index contributed by atoms with van der Waals surface area (Å²) in [5, 5.41) is 0.458. The summed E-state index contributed by atoms with van der Waals surface area (Å²) < 4.78 is 5.09. The smallest absolute Gasteiger partial charge is 0.173 e. The quantitative estimate of drug-likeness (QED) is 0.576. The van der Waals surface area contributed by atoms with E-state index >= 15 is 0 Å². The number of ketones is 1. The Morgan fingerprint density at radius 2 is 1.95 bits per heavy atom. The second-order valence-electron chi connectivity index (χ2n) is 4.83. The lowest BCUT2D eigenvalue weighted by Crippen LogP contribution is -2.03. The van der Waals surface area contributed by atoms with E-state index in [1.807, 2.05) is 0 Å². The molecule has 2 aromatic carbocycles. The number of benzene rings is 2. The summed E-state index contributed by atoms with van der Waals surface area (Å²) in [4.78, 5) is 13.4. The van der Waals surface area contributed by atoms with Crippen molar-refractivity contribution in [3.8, 4) is 5.75 Å². The van der Waals surface area contributed by atoms with Gasteiger partial charge in [-0.1, -0.05) is 29.3 Å². The van der Waals surface area contributed by atoms with Gasteiger partial charge in [0, 0.05) is 10.5 Å². The second-order valence-corrected chi connectivity index (χ2v) is 6.25. The summed E-state index contributed by atoms with van der Waals surface area (Å²) in [6.45, 7) is 4.12. The third-order valence-electron chi connectivity index (χ3n) is 3.16. The van der Waals surface area contributed by atoms with Crippen LogP contribution in [0, 0.1) is 13.8 Å². The van der Waals surface area contributed by atoms with Gasteiger partial charge in [-0.2, -0.15) is 0 Å². The van der Waals surface area contributed by atoms with E-state index in [0.717, 1.165) is 4.90 Å². The molecule has 0 aliphatic rings. The van der Waals surface area contributed by atoms with Crippen LogP contribution in [0.25, 0.3) is 0 Å². The molecule has 2 nitrogen and oxygen atoms in total. The van der Waals surface area contributed by atoms with Crippen LogP contribution >= 0.6 is 23.4 Å². The number of carbonyl (C=O) groups is 1. The van der Waals surface area contributed by atoms with Crippen molar-refractivity contribution in [1.82, 2.24) is 0 Å². The molecule has 0 aliphatic heterocycles. The number of hydrogen-bond acceptors (Lipinski definition) is 3. The van der Waals surface area contributed by atoms with Crippen molar-refractivity contribution in [3.05, 3.63) is 58.1 Å². The maximum atomic E-state index is 12.2. The van der Waals surface area contributed by atoms with Crippen LogP contribution in [0.3, 0.4) is 0 Å². The lowest BCUT2D eigenvalue weighted by atomic mass is 10.1. The maximum absolute atomic E-state index is 12.2. The molecule has 0 spiro atoms. The van der Waals surface area contributed by atoms with Crippen LogP contribution in [-0.2, 0) is 0 Å². The van der Waals surface area contributed by atoms with Gasteiger partial charge in [-0.3, -0.25) is 4.79 Å². The summed E-state index contributed by atoms with van der Waals surface area (Å²) in [7, 11) is 1.55. The normalized spacial score (nSPS) is 10.5. The molecule has 2 aromatic rings. The van der Waals surface area contributed by atoms with E-state index < -0.39 is 0 Å². The van der Waals surface area contributed by atoms with Crippen LogP contribution in [0.1, 0.15) is 21.5 Å². The molecule has 4 heteroatoms. The summed E-state index contributed by atoms with van der Waals surface area (Å²) in [6.07, 6.45) is 0. The minimum atomic E-state index is 0.0597. The first-order chi connectivity index (χ1) is 10.0. The van der Waals surface area contributed by atoms with Crippen molar-refractivity contribution in [2.45, 2.75) is 18.7 Å². The summed E-state index contributed by atoms with van der Waals surface area (Å²) in [5.41, 5.74) is 3.03. The predicted molar refractivity (Wildman–Crippen MR) is 89.0 cm³/mol. The highest BCUT2D eigenvalue weighted by atomic mass is 35.5. The fraction of sp³-hybridized carbons (Fsp3) is 0.235. The molecule has 0 radical (unpaired) electrons. The minimum absolute atomic E-state index is 0.0597. The number of halogens is 1. The molecule has 0 aromatic heterocycles. The fourth-order valence-electron chi connectivity index (χ4n) is 2.03. The van der Waals surface area contributed by atoms with Crippen LogP contribution in [0.15, 0.2) is 41.3 Å². The molecule has 0 bridgehead atoms. The summed E-state index contributed by atoms with van der Waals surface area (Å²) >= 11 is 7.60. The van der Waals surface area contributed by atoms with E-state index in [1.54, 1.807) is 37.1 Å². The highest BCUT2D eigenvalue weighted by molar-refractivity contribution is 8.00. The Morgan fingerprint density at radius 1 is 1.19 bits per heavy atom. The molecular weight excluding hydrogens is 304 g/mol. The average Bonchev–Trinajstić information content (AvgIpc) is 2.46. The summed E-state index contributed by atoms with van der Waals surface area (Å²) in [5.74, 6) is 1.03. The number of hydrogen-bond donors (Lipinski definition) is 0. The van der Waals surface area contributed by atoms with Crippen LogP contribution in [0.2, 0.25) is 5.02 Å². The first-order valence-electron chi connectivity index (χ1n) is 6.58. The van der Waals surface area contributed by atoms with Crippen molar-refractivity contribution >= 4 is 29.1 Å². The summed E-state index contributed by atoms with van der Waals surface area (Å²) in [6, 6.07) is 11.4. The molecule has 0 fully saturated rings. The van der Waals surface area contributed by atoms with Gasteiger partial charge in [0.1, 0.15) is 5.75 Å². The molecule has 0 amide bonds. The lowest BCUT2D eigenvalue weighted by molar-refractivity contribution is 0.102. The zero-order chi connectivity index (χ0) is 15.4. The van der Waals surface area contributed by atoms with Crippen molar-refractivity contribution < 1.29 is 9.53 Å². The molecule has 2 rings (SSSR count). The number of thioether (sulfide) groups is 1. The standard InChI is InChI=1S/C17H17ClO2S/c1-11-4-7-17(12(2)8-11)21-10-15(19)13-5-6-16(20-3)14(18)9-13/h4-9H,10H2,1-3H3. The third kappa shape index (κ3) is 4.02. The largest absolute Gasteiger partial charge is 0.495 e. The van der Waals surface area contributed by atoms with Gasteiger partial charge in [-0.05, 0) is 43.7 Å². The lowest BCUT2D eigenvalue weighted by Gasteiger charge is -2.07.